The van der Waals surface area contributed by atoms with Gasteiger partial charge in [-0.05, 0) is 0 Å². The average Bonchev–Trinajstić information content (AvgIpc) is 2.98. The third-order valence-corrected chi connectivity index (χ3v) is 22.4. The van der Waals surface area contributed by atoms with Gasteiger partial charge in [0.15, 0.2) is 0 Å². The van der Waals surface area contributed by atoms with E-state index < -0.39 is 18.4 Å². The van der Waals surface area contributed by atoms with Gasteiger partial charge in [0.25, 0.3) is 0 Å². The first-order valence-corrected chi connectivity index (χ1v) is 19.0. The molecule has 0 unspecified atom stereocenters. The van der Waals surface area contributed by atoms with Gasteiger partial charge in [-0.25, -0.2) is 0 Å². The zero-order valence-electron chi connectivity index (χ0n) is 17.3. The van der Waals surface area contributed by atoms with E-state index in [1.54, 1.807) is 17.7 Å². The van der Waals surface area contributed by atoms with Crippen LogP contribution < -0.4 is 0 Å². The second-order valence-electron chi connectivity index (χ2n) is 8.44. The predicted molar refractivity (Wildman–Crippen MR) is 114 cm³/mol. The van der Waals surface area contributed by atoms with Gasteiger partial charge in [-0.15, -0.1) is 0 Å². The number of carbonyl (C=O) groups is 1. The summed E-state index contributed by atoms with van der Waals surface area (Å²) in [7, 11) is 0. The third kappa shape index (κ3) is 8.15. The summed E-state index contributed by atoms with van der Waals surface area (Å²) in [5.74, 6) is 1.39. The van der Waals surface area contributed by atoms with Crippen molar-refractivity contribution in [2.75, 3.05) is 19.6 Å². The molecule has 0 aromatic rings. The van der Waals surface area contributed by atoms with Crippen LogP contribution in [0, 0.1) is 11.8 Å². The van der Waals surface area contributed by atoms with E-state index in [9.17, 15) is 4.79 Å². The van der Waals surface area contributed by atoms with Crippen molar-refractivity contribution in [3.8, 4) is 0 Å². The summed E-state index contributed by atoms with van der Waals surface area (Å²) in [6.45, 7) is 14.3. The van der Waals surface area contributed by atoms with Crippen LogP contribution in [0.4, 0.5) is 0 Å². The van der Waals surface area contributed by atoms with E-state index in [0.29, 0.717) is 5.92 Å². The molecule has 146 valence electrons. The fourth-order valence-electron chi connectivity index (χ4n) is 4.88. The van der Waals surface area contributed by atoms with Crippen molar-refractivity contribution in [3.05, 3.63) is 12.7 Å². The topological polar surface area (TPSA) is 20.3 Å². The zero-order valence-corrected chi connectivity index (χ0v) is 20.1. The molecule has 2 atom stereocenters. The van der Waals surface area contributed by atoms with E-state index in [2.05, 4.69) is 32.3 Å². The molecule has 1 aliphatic heterocycles. The SMILES string of the molecule is C=CCN1C[C@@H](CC=O)[C@@H]([CH2][Sn]([CH2]CCC)([CH2]CCC)[CH2]CCC)C1. The van der Waals surface area contributed by atoms with Crippen molar-refractivity contribution in [3.63, 3.8) is 0 Å². The molecule has 3 heteroatoms. The number of rotatable bonds is 15. The molecule has 0 bridgehead atoms. The fourth-order valence-corrected chi connectivity index (χ4v) is 22.7. The van der Waals surface area contributed by atoms with Crippen LogP contribution in [0.5, 0.6) is 0 Å². The number of nitrogens with zero attached hydrogens (tertiary/aromatic N) is 1. The van der Waals surface area contributed by atoms with Crippen LogP contribution in [0.1, 0.15) is 65.7 Å². The molecule has 0 radical (unpaired) electrons. The number of hydrogen-bond donors (Lipinski definition) is 0. The monoisotopic (exact) mass is 457 g/mol. The summed E-state index contributed by atoms with van der Waals surface area (Å²) in [6.07, 6.45) is 12.4. The van der Waals surface area contributed by atoms with Crippen LogP contribution >= 0.6 is 0 Å². The van der Waals surface area contributed by atoms with Crippen molar-refractivity contribution in [1.29, 1.82) is 0 Å². The van der Waals surface area contributed by atoms with Gasteiger partial charge in [0.05, 0.1) is 0 Å². The summed E-state index contributed by atoms with van der Waals surface area (Å²) in [5, 5.41) is 0. The molecule has 0 spiro atoms. The van der Waals surface area contributed by atoms with Crippen LogP contribution in [0.25, 0.3) is 0 Å². The minimum atomic E-state index is -2.10. The fraction of sp³-hybridized carbons (Fsp3) is 0.864. The molecule has 25 heavy (non-hydrogen) atoms. The van der Waals surface area contributed by atoms with Crippen molar-refractivity contribution in [2.24, 2.45) is 11.8 Å². The molecule has 0 amide bonds. The molecule has 1 heterocycles. The van der Waals surface area contributed by atoms with Gasteiger partial charge in [-0.2, -0.15) is 0 Å². The quantitative estimate of drug-likeness (QED) is 0.167. The Hall–Kier alpha value is 0.169. The van der Waals surface area contributed by atoms with E-state index in [4.69, 9.17) is 0 Å². The van der Waals surface area contributed by atoms with Gasteiger partial charge >= 0.3 is 162 Å². The van der Waals surface area contributed by atoms with Crippen LogP contribution in [0.2, 0.25) is 17.7 Å². The van der Waals surface area contributed by atoms with Crippen LogP contribution in [-0.4, -0.2) is 49.2 Å². The Balaban J connectivity index is 2.89. The molecule has 0 aromatic carbocycles. The molecule has 1 aliphatic rings. The number of hydrogen-bond acceptors (Lipinski definition) is 2. The molecule has 0 aliphatic carbocycles. The van der Waals surface area contributed by atoms with Gasteiger partial charge in [-0.1, -0.05) is 0 Å². The van der Waals surface area contributed by atoms with Gasteiger partial charge in [0, 0.05) is 0 Å². The first-order valence-electron chi connectivity index (χ1n) is 10.9. The number of unbranched alkanes of at least 4 members (excludes halogenated alkanes) is 3. The van der Waals surface area contributed by atoms with Crippen molar-refractivity contribution in [1.82, 2.24) is 4.90 Å². The first kappa shape index (κ1) is 23.2. The van der Waals surface area contributed by atoms with E-state index in [-0.39, 0.29) is 0 Å². The molecular formula is C22H43NOSn. The maximum absolute atomic E-state index is 11.2. The zero-order chi connectivity index (χ0) is 18.5. The molecule has 1 fully saturated rings. The Morgan fingerprint density at radius 3 is 1.92 bits per heavy atom. The third-order valence-electron chi connectivity index (χ3n) is 6.32. The molecule has 0 aromatic heterocycles. The van der Waals surface area contributed by atoms with E-state index >= 15 is 0 Å². The second-order valence-corrected chi connectivity index (χ2v) is 22.5. The van der Waals surface area contributed by atoms with Crippen molar-refractivity contribution >= 4 is 24.7 Å². The Morgan fingerprint density at radius 2 is 1.48 bits per heavy atom. The summed E-state index contributed by atoms with van der Waals surface area (Å²) in [5.41, 5.74) is 0. The maximum atomic E-state index is 11.2. The Morgan fingerprint density at radius 1 is 0.960 bits per heavy atom. The first-order chi connectivity index (χ1) is 12.1. The van der Waals surface area contributed by atoms with E-state index in [1.165, 1.54) is 51.4 Å². The molecule has 1 rings (SSSR count). The van der Waals surface area contributed by atoms with E-state index in [1.807, 2.05) is 6.08 Å². The van der Waals surface area contributed by atoms with Crippen LogP contribution in [0.15, 0.2) is 12.7 Å². The van der Waals surface area contributed by atoms with Crippen LogP contribution in [-0.2, 0) is 4.79 Å². The molecule has 2 nitrogen and oxygen atoms in total. The van der Waals surface area contributed by atoms with Gasteiger partial charge in [-0.3, -0.25) is 0 Å². The summed E-state index contributed by atoms with van der Waals surface area (Å²) >= 11 is -2.10. The number of carbonyl (C=O) groups excluding carboxylic acids is 1. The minimum absolute atomic E-state index is 0.610. The summed E-state index contributed by atoms with van der Waals surface area (Å²) < 4.78 is 6.33. The molecule has 0 saturated carbocycles. The molecule has 1 saturated heterocycles. The second kappa shape index (κ2) is 13.4. The summed E-state index contributed by atoms with van der Waals surface area (Å²) in [4.78, 5) is 13.8. The van der Waals surface area contributed by atoms with Crippen molar-refractivity contribution in [2.45, 2.75) is 83.5 Å². The van der Waals surface area contributed by atoms with Gasteiger partial charge in [0.1, 0.15) is 0 Å². The van der Waals surface area contributed by atoms with Gasteiger partial charge < -0.3 is 0 Å². The average molecular weight is 456 g/mol. The summed E-state index contributed by atoms with van der Waals surface area (Å²) in [6, 6.07) is 0. The number of aldehydes is 1. The van der Waals surface area contributed by atoms with E-state index in [0.717, 1.165) is 25.4 Å². The molecular weight excluding hydrogens is 413 g/mol. The van der Waals surface area contributed by atoms with Crippen molar-refractivity contribution < 1.29 is 4.79 Å². The Bertz CT molecular complexity index is 349. The number of likely N-dealkylation sites (tertiary alicyclic amines) is 1. The standard InChI is InChI=1S/C10H16NO.3C4H9.Sn/c1-3-5-11-7-9(2)10(8-11)4-6-12;3*1-3-4-2;/h3,6,9-10H,1-2,4-5,7-8H2;3*1,3-4H2,2H3;/t9-,10+;;;;/m0..../s1. The van der Waals surface area contributed by atoms with Gasteiger partial charge in [0.2, 0.25) is 0 Å². The van der Waals surface area contributed by atoms with Crippen LogP contribution in [0.3, 0.4) is 0 Å². The predicted octanol–water partition coefficient (Wildman–Crippen LogP) is 6.16. The normalized spacial score (nSPS) is 21.6. The molecule has 0 N–H and O–H groups in total. The Labute approximate surface area is 161 Å². The Kier molecular flexibility index (Phi) is 12.4.